The summed E-state index contributed by atoms with van der Waals surface area (Å²) in [6.45, 7) is 4.30. The maximum atomic E-state index is 11.4. The molecule has 0 spiro atoms. The Morgan fingerprint density at radius 1 is 1.31 bits per heavy atom. The lowest BCUT2D eigenvalue weighted by Gasteiger charge is -2.13. The summed E-state index contributed by atoms with van der Waals surface area (Å²) >= 11 is 0. The van der Waals surface area contributed by atoms with Gasteiger partial charge in [-0.2, -0.15) is 0 Å². The fourth-order valence-corrected chi connectivity index (χ4v) is 1.36. The molecule has 5 nitrogen and oxygen atoms in total. The van der Waals surface area contributed by atoms with Gasteiger partial charge in [-0.1, -0.05) is 6.92 Å². The second-order valence-corrected chi connectivity index (χ2v) is 4.03. The summed E-state index contributed by atoms with van der Waals surface area (Å²) in [6, 6.07) is -0.581. The smallest absolute Gasteiger partial charge is 0.328 e. The summed E-state index contributed by atoms with van der Waals surface area (Å²) in [5.41, 5.74) is 5.41. The highest BCUT2D eigenvalue weighted by Crippen LogP contribution is 2.08. The first-order valence-electron chi connectivity index (χ1n) is 5.58. The summed E-state index contributed by atoms with van der Waals surface area (Å²) in [5, 5.41) is 2.58. The second kappa shape index (κ2) is 8.10. The normalized spacial score (nSPS) is 14.0. The molecule has 0 saturated carbocycles. The topological polar surface area (TPSA) is 81.4 Å². The van der Waals surface area contributed by atoms with Crippen LogP contribution in [-0.2, 0) is 14.3 Å². The molecule has 2 unspecified atom stereocenters. The van der Waals surface area contributed by atoms with Crippen LogP contribution in [0.15, 0.2) is 0 Å². The Balaban J connectivity index is 3.78. The second-order valence-electron chi connectivity index (χ2n) is 4.03. The van der Waals surface area contributed by atoms with Gasteiger partial charge in [0, 0.05) is 6.42 Å². The fourth-order valence-electron chi connectivity index (χ4n) is 1.36. The van der Waals surface area contributed by atoms with Crippen molar-refractivity contribution in [2.24, 2.45) is 11.7 Å². The van der Waals surface area contributed by atoms with Crippen LogP contribution < -0.4 is 11.1 Å². The zero-order valence-corrected chi connectivity index (χ0v) is 10.3. The number of carbonyl (C=O) groups is 2. The van der Waals surface area contributed by atoms with E-state index in [1.807, 2.05) is 0 Å². The van der Waals surface area contributed by atoms with E-state index in [0.717, 1.165) is 12.8 Å². The van der Waals surface area contributed by atoms with E-state index in [4.69, 9.17) is 5.73 Å². The van der Waals surface area contributed by atoms with Gasteiger partial charge in [-0.05, 0) is 32.2 Å². The van der Waals surface area contributed by atoms with Gasteiger partial charge in [-0.3, -0.25) is 4.79 Å². The van der Waals surface area contributed by atoms with E-state index >= 15 is 0 Å². The molecule has 0 rings (SSSR count). The van der Waals surface area contributed by atoms with Crippen molar-refractivity contribution >= 4 is 11.9 Å². The lowest BCUT2D eigenvalue weighted by atomic mass is 10.0. The van der Waals surface area contributed by atoms with Crippen molar-refractivity contribution in [3.8, 4) is 0 Å². The number of carbonyl (C=O) groups excluding carboxylic acids is 2. The van der Waals surface area contributed by atoms with Crippen LogP contribution >= 0.6 is 0 Å². The van der Waals surface area contributed by atoms with Gasteiger partial charge in [0.25, 0.3) is 0 Å². The minimum atomic E-state index is -0.581. The molecule has 0 aromatic heterocycles. The zero-order chi connectivity index (χ0) is 12.6. The van der Waals surface area contributed by atoms with E-state index in [9.17, 15) is 9.59 Å². The van der Waals surface area contributed by atoms with Gasteiger partial charge in [0.15, 0.2) is 0 Å². The lowest BCUT2D eigenvalue weighted by molar-refractivity contribution is -0.144. The molecule has 0 heterocycles. The molecule has 0 fully saturated rings. The highest BCUT2D eigenvalue weighted by atomic mass is 16.5. The molecule has 1 amide bonds. The van der Waals surface area contributed by atoms with Crippen molar-refractivity contribution in [3.63, 3.8) is 0 Å². The third-order valence-corrected chi connectivity index (χ3v) is 2.46. The number of rotatable bonds is 7. The molecule has 0 aliphatic carbocycles. The standard InChI is InChI=1S/C11H22N2O3/c1-8(6-7-12)4-5-10(14)13-9(2)11(15)16-3/h8-9H,4-7,12H2,1-3H3,(H,13,14). The number of nitrogens with one attached hydrogen (secondary N) is 1. The van der Waals surface area contributed by atoms with Crippen LogP contribution in [0.2, 0.25) is 0 Å². The van der Waals surface area contributed by atoms with Gasteiger partial charge in [-0.15, -0.1) is 0 Å². The Kier molecular flexibility index (Phi) is 7.54. The quantitative estimate of drug-likeness (QED) is 0.621. The number of ether oxygens (including phenoxy) is 1. The van der Waals surface area contributed by atoms with Crippen LogP contribution in [0.3, 0.4) is 0 Å². The Morgan fingerprint density at radius 3 is 2.44 bits per heavy atom. The molecule has 0 bridgehead atoms. The monoisotopic (exact) mass is 230 g/mol. The molecule has 5 heteroatoms. The van der Waals surface area contributed by atoms with Gasteiger partial charge in [0.05, 0.1) is 7.11 Å². The van der Waals surface area contributed by atoms with Crippen molar-refractivity contribution in [1.29, 1.82) is 0 Å². The highest BCUT2D eigenvalue weighted by Gasteiger charge is 2.15. The first kappa shape index (κ1) is 14.9. The van der Waals surface area contributed by atoms with Gasteiger partial charge in [-0.25, -0.2) is 4.79 Å². The lowest BCUT2D eigenvalue weighted by Crippen LogP contribution is -2.39. The van der Waals surface area contributed by atoms with E-state index in [1.54, 1.807) is 6.92 Å². The van der Waals surface area contributed by atoms with Crippen LogP contribution in [0, 0.1) is 5.92 Å². The predicted molar refractivity (Wildman–Crippen MR) is 61.7 cm³/mol. The number of nitrogens with two attached hydrogens (primary N) is 1. The molecule has 94 valence electrons. The van der Waals surface area contributed by atoms with Crippen LogP contribution in [0.1, 0.15) is 33.1 Å². The highest BCUT2D eigenvalue weighted by molar-refractivity contribution is 5.83. The minimum absolute atomic E-state index is 0.123. The predicted octanol–water partition coefficient (Wildman–Crippen LogP) is 0.429. The molecule has 3 N–H and O–H groups in total. The van der Waals surface area contributed by atoms with Crippen LogP contribution in [0.5, 0.6) is 0 Å². The summed E-state index contributed by atoms with van der Waals surface area (Å²) in [7, 11) is 1.30. The molecule has 0 aliphatic heterocycles. The van der Waals surface area contributed by atoms with E-state index in [0.29, 0.717) is 18.9 Å². The Bertz CT molecular complexity index is 231. The van der Waals surface area contributed by atoms with E-state index < -0.39 is 12.0 Å². The van der Waals surface area contributed by atoms with Crippen molar-refractivity contribution in [2.45, 2.75) is 39.2 Å². The maximum absolute atomic E-state index is 11.4. The number of esters is 1. The third-order valence-electron chi connectivity index (χ3n) is 2.46. The van der Waals surface area contributed by atoms with E-state index in [2.05, 4.69) is 17.0 Å². The molecule has 0 aromatic rings. The number of amides is 1. The molecule has 2 atom stereocenters. The van der Waals surface area contributed by atoms with Crippen molar-refractivity contribution in [3.05, 3.63) is 0 Å². The molecule has 0 radical (unpaired) electrons. The number of hydrogen-bond acceptors (Lipinski definition) is 4. The molecule has 0 aliphatic rings. The van der Waals surface area contributed by atoms with Crippen molar-refractivity contribution in [1.82, 2.24) is 5.32 Å². The van der Waals surface area contributed by atoms with Crippen LogP contribution in [0.25, 0.3) is 0 Å². The molecule has 0 saturated heterocycles. The summed E-state index contributed by atoms with van der Waals surface area (Å²) in [5.74, 6) is -0.116. The molecular formula is C11H22N2O3. The summed E-state index contributed by atoms with van der Waals surface area (Å²) < 4.78 is 4.51. The van der Waals surface area contributed by atoms with E-state index in [1.165, 1.54) is 7.11 Å². The fraction of sp³-hybridized carbons (Fsp3) is 0.818. The van der Waals surface area contributed by atoms with Crippen LogP contribution in [0.4, 0.5) is 0 Å². The average Bonchev–Trinajstić information content (AvgIpc) is 2.25. The van der Waals surface area contributed by atoms with Gasteiger partial charge >= 0.3 is 5.97 Å². The van der Waals surface area contributed by atoms with Gasteiger partial charge < -0.3 is 15.8 Å². The zero-order valence-electron chi connectivity index (χ0n) is 10.3. The third kappa shape index (κ3) is 6.40. The average molecular weight is 230 g/mol. The number of methoxy groups -OCH3 is 1. The molecule has 16 heavy (non-hydrogen) atoms. The Morgan fingerprint density at radius 2 is 1.94 bits per heavy atom. The summed E-state index contributed by atoms with van der Waals surface area (Å²) in [4.78, 5) is 22.5. The van der Waals surface area contributed by atoms with Crippen molar-refractivity contribution in [2.75, 3.05) is 13.7 Å². The Labute approximate surface area is 96.7 Å². The van der Waals surface area contributed by atoms with Crippen LogP contribution in [-0.4, -0.2) is 31.6 Å². The van der Waals surface area contributed by atoms with Gasteiger partial charge in [0.2, 0.25) is 5.91 Å². The molecule has 0 aromatic carbocycles. The van der Waals surface area contributed by atoms with Gasteiger partial charge in [0.1, 0.15) is 6.04 Å². The summed E-state index contributed by atoms with van der Waals surface area (Å²) in [6.07, 6.45) is 2.12. The first-order chi connectivity index (χ1) is 7.51. The Hall–Kier alpha value is -1.10. The molecular weight excluding hydrogens is 208 g/mol. The van der Waals surface area contributed by atoms with Crippen molar-refractivity contribution < 1.29 is 14.3 Å². The minimum Gasteiger partial charge on any atom is -0.467 e. The first-order valence-corrected chi connectivity index (χ1v) is 5.58. The number of hydrogen-bond donors (Lipinski definition) is 2. The van der Waals surface area contributed by atoms with E-state index in [-0.39, 0.29) is 5.91 Å². The maximum Gasteiger partial charge on any atom is 0.328 e. The SMILES string of the molecule is COC(=O)C(C)NC(=O)CCC(C)CCN. The largest absolute Gasteiger partial charge is 0.467 e.